The fourth-order valence-electron chi connectivity index (χ4n) is 4.11. The Morgan fingerprint density at radius 2 is 1.69 bits per heavy atom. The molecule has 0 saturated carbocycles. The average Bonchev–Trinajstić information content (AvgIpc) is 2.59. The summed E-state index contributed by atoms with van der Waals surface area (Å²) in [4.78, 5) is 0. The normalized spacial score (nSPS) is 11.9. The van der Waals surface area contributed by atoms with E-state index in [1.165, 1.54) is 0 Å². The van der Waals surface area contributed by atoms with E-state index in [1.54, 1.807) is 7.11 Å². The van der Waals surface area contributed by atoms with Crippen LogP contribution in [0, 0.1) is 17.5 Å². The van der Waals surface area contributed by atoms with Gasteiger partial charge in [-0.1, -0.05) is 59.6 Å². The van der Waals surface area contributed by atoms with E-state index in [0.717, 1.165) is 22.1 Å². The fourth-order valence-corrected chi connectivity index (χ4v) is 9.33. The first-order valence-electron chi connectivity index (χ1n) is 9.42. The molecule has 0 aliphatic carbocycles. The number of ether oxygens (including phenoxy) is 2. The van der Waals surface area contributed by atoms with Gasteiger partial charge in [0.25, 0.3) is 0 Å². The molecule has 0 spiro atoms. The highest BCUT2D eigenvalue weighted by Gasteiger charge is 2.41. The number of hydrogen-bond acceptors (Lipinski definition) is 2. The van der Waals surface area contributed by atoms with Crippen molar-refractivity contribution < 1.29 is 9.47 Å². The largest absolute Gasteiger partial charge is 0.468 e. The van der Waals surface area contributed by atoms with Crippen molar-refractivity contribution in [2.75, 3.05) is 13.9 Å². The molecule has 0 heterocycles. The Balaban J connectivity index is 2.50. The maximum Gasteiger partial charge on any atom is 0.188 e. The predicted molar refractivity (Wildman–Crippen MR) is 113 cm³/mol. The maximum absolute atomic E-state index is 5.53. The van der Waals surface area contributed by atoms with Gasteiger partial charge in [0, 0.05) is 18.1 Å². The average molecular weight is 368 g/mol. The van der Waals surface area contributed by atoms with E-state index >= 15 is 0 Å². The Morgan fingerprint density at radius 3 is 2.27 bits per heavy atom. The second-order valence-corrected chi connectivity index (χ2v) is 13.4. The molecule has 0 saturated heterocycles. The third-order valence-corrected chi connectivity index (χ3v) is 11.7. The van der Waals surface area contributed by atoms with E-state index in [4.69, 9.17) is 9.47 Å². The van der Waals surface area contributed by atoms with Gasteiger partial charge in [0.15, 0.2) is 6.79 Å². The second kappa shape index (κ2) is 8.75. The molecule has 1 radical (unpaired) electrons. The standard InChI is InChI=1S/C23H31O2Si/c1-17(2)26(18(3)4,19(5)6)14-13-20-9-8-10-21-15-22(25-16-24-7)11-12-23(20)21/h8-11,15,17-19H,16H2,1-7H3. The summed E-state index contributed by atoms with van der Waals surface area (Å²) >= 11 is 0. The molecule has 2 aromatic rings. The van der Waals surface area contributed by atoms with Crippen LogP contribution in [0.4, 0.5) is 0 Å². The second-order valence-electron chi connectivity index (χ2n) is 7.80. The number of methoxy groups -OCH3 is 1. The minimum atomic E-state index is -1.74. The first-order valence-corrected chi connectivity index (χ1v) is 11.7. The molecule has 0 bridgehead atoms. The van der Waals surface area contributed by atoms with Gasteiger partial charge < -0.3 is 9.47 Å². The molecule has 2 aromatic carbocycles. The molecule has 0 unspecified atom stereocenters. The summed E-state index contributed by atoms with van der Waals surface area (Å²) in [6, 6.07) is 13.5. The molecule has 0 amide bonds. The quantitative estimate of drug-likeness (QED) is 0.344. The highest BCUT2D eigenvalue weighted by molar-refractivity contribution is 6.90. The SMILES string of the molecule is COCOc1c[c]c2c(C#C[Si](C(C)C)(C(C)C)C(C)C)cccc2c1. The Kier molecular flexibility index (Phi) is 6.92. The highest BCUT2D eigenvalue weighted by Crippen LogP contribution is 2.40. The summed E-state index contributed by atoms with van der Waals surface area (Å²) in [5, 5.41) is 2.15. The third kappa shape index (κ3) is 4.14. The van der Waals surface area contributed by atoms with Crippen LogP contribution in [0.5, 0.6) is 5.75 Å². The third-order valence-electron chi connectivity index (χ3n) is 5.38. The number of hydrogen-bond donors (Lipinski definition) is 0. The van der Waals surface area contributed by atoms with E-state index in [0.29, 0.717) is 16.6 Å². The minimum Gasteiger partial charge on any atom is -0.468 e. The Bertz CT molecular complexity index is 775. The first kappa shape index (κ1) is 20.5. The lowest BCUT2D eigenvalue weighted by molar-refractivity contribution is 0.0512. The van der Waals surface area contributed by atoms with Crippen LogP contribution in [0.1, 0.15) is 47.1 Å². The molecule has 0 aliphatic heterocycles. The van der Waals surface area contributed by atoms with Crippen molar-refractivity contribution in [2.45, 2.75) is 58.2 Å². The monoisotopic (exact) mass is 367 g/mol. The van der Waals surface area contributed by atoms with Gasteiger partial charge in [0.2, 0.25) is 0 Å². The van der Waals surface area contributed by atoms with Crippen molar-refractivity contribution in [3.63, 3.8) is 0 Å². The molecule has 139 valence electrons. The Morgan fingerprint density at radius 1 is 1.04 bits per heavy atom. The zero-order valence-electron chi connectivity index (χ0n) is 17.1. The summed E-state index contributed by atoms with van der Waals surface area (Å²) < 4.78 is 10.5. The van der Waals surface area contributed by atoms with Crippen LogP contribution in [0.2, 0.25) is 16.6 Å². The molecule has 3 heteroatoms. The van der Waals surface area contributed by atoms with Gasteiger partial charge in [-0.15, -0.1) is 5.54 Å². The molecule has 2 nitrogen and oxygen atoms in total. The summed E-state index contributed by atoms with van der Waals surface area (Å²) in [7, 11) is -0.125. The molecule has 0 aliphatic rings. The van der Waals surface area contributed by atoms with Gasteiger partial charge in [0.1, 0.15) is 13.8 Å². The maximum atomic E-state index is 5.53. The fraction of sp³-hybridized carbons (Fsp3) is 0.478. The van der Waals surface area contributed by atoms with Crippen molar-refractivity contribution in [3.8, 4) is 17.2 Å². The van der Waals surface area contributed by atoms with Gasteiger partial charge in [-0.25, -0.2) is 0 Å². The lowest BCUT2D eigenvalue weighted by Crippen LogP contribution is -2.43. The molecule has 0 aromatic heterocycles. The minimum absolute atomic E-state index is 0.240. The first-order chi connectivity index (χ1) is 12.3. The lowest BCUT2D eigenvalue weighted by Gasteiger charge is -2.38. The summed E-state index contributed by atoms with van der Waals surface area (Å²) in [6.45, 7) is 14.3. The number of rotatable bonds is 6. The number of benzene rings is 2. The predicted octanol–water partition coefficient (Wildman–Crippen LogP) is 6.19. The molecular formula is C23H31O2Si. The van der Waals surface area contributed by atoms with E-state index in [1.807, 2.05) is 12.1 Å². The van der Waals surface area contributed by atoms with Crippen molar-refractivity contribution in [1.29, 1.82) is 0 Å². The van der Waals surface area contributed by atoms with Crippen LogP contribution in [0.15, 0.2) is 30.3 Å². The molecular weight excluding hydrogens is 336 g/mol. The van der Waals surface area contributed by atoms with E-state index < -0.39 is 8.07 Å². The van der Waals surface area contributed by atoms with Crippen LogP contribution >= 0.6 is 0 Å². The lowest BCUT2D eigenvalue weighted by atomic mass is 10.0. The Hall–Kier alpha value is -1.76. The van der Waals surface area contributed by atoms with Gasteiger partial charge in [-0.3, -0.25) is 0 Å². The molecule has 0 atom stereocenters. The zero-order valence-corrected chi connectivity index (χ0v) is 18.1. The van der Waals surface area contributed by atoms with Crippen molar-refractivity contribution >= 4 is 18.8 Å². The highest BCUT2D eigenvalue weighted by atomic mass is 28.3. The van der Waals surface area contributed by atoms with E-state index in [-0.39, 0.29) is 6.79 Å². The van der Waals surface area contributed by atoms with Crippen molar-refractivity contribution in [1.82, 2.24) is 0 Å². The van der Waals surface area contributed by atoms with E-state index in [2.05, 4.69) is 77.3 Å². The topological polar surface area (TPSA) is 18.5 Å². The van der Waals surface area contributed by atoms with Crippen molar-refractivity contribution in [3.05, 3.63) is 42.0 Å². The van der Waals surface area contributed by atoms with Crippen LogP contribution < -0.4 is 4.74 Å². The van der Waals surface area contributed by atoms with E-state index in [9.17, 15) is 0 Å². The Labute approximate surface area is 159 Å². The molecule has 0 N–H and O–H groups in total. The van der Waals surface area contributed by atoms with Crippen LogP contribution in [0.3, 0.4) is 0 Å². The summed E-state index contributed by atoms with van der Waals surface area (Å²) in [5.74, 6) is 4.31. The van der Waals surface area contributed by atoms with Crippen LogP contribution in [-0.2, 0) is 4.74 Å². The number of fused-ring (bicyclic) bond motifs is 1. The van der Waals surface area contributed by atoms with Gasteiger partial charge >= 0.3 is 0 Å². The zero-order chi connectivity index (χ0) is 19.3. The van der Waals surface area contributed by atoms with Gasteiger partial charge in [0.05, 0.1) is 0 Å². The molecule has 2 rings (SSSR count). The summed E-state index contributed by atoms with van der Waals surface area (Å²) in [5.41, 5.74) is 6.75. The van der Waals surface area contributed by atoms with Crippen LogP contribution in [-0.4, -0.2) is 22.0 Å². The van der Waals surface area contributed by atoms with Gasteiger partial charge in [-0.05, 0) is 46.3 Å². The smallest absolute Gasteiger partial charge is 0.188 e. The van der Waals surface area contributed by atoms with Crippen molar-refractivity contribution in [2.24, 2.45) is 0 Å². The molecule has 26 heavy (non-hydrogen) atoms. The van der Waals surface area contributed by atoms with Gasteiger partial charge in [-0.2, -0.15) is 0 Å². The summed E-state index contributed by atoms with van der Waals surface area (Å²) in [6.07, 6.45) is 0. The van der Waals surface area contributed by atoms with Crippen LogP contribution in [0.25, 0.3) is 10.8 Å². The molecule has 0 fully saturated rings.